The summed E-state index contributed by atoms with van der Waals surface area (Å²) >= 11 is 5.77. The van der Waals surface area contributed by atoms with Crippen LogP contribution in [-0.4, -0.2) is 36.8 Å². The SMILES string of the molecule is CC(Cl)C(=O)NC(CN(C)C)c1ccccc1. The molecule has 1 aromatic carbocycles. The number of hydrogen-bond acceptors (Lipinski definition) is 2. The molecule has 0 aromatic heterocycles. The Balaban J connectivity index is 2.78. The molecule has 0 heterocycles. The maximum Gasteiger partial charge on any atom is 0.238 e. The smallest absolute Gasteiger partial charge is 0.238 e. The summed E-state index contributed by atoms with van der Waals surface area (Å²) in [5.41, 5.74) is 1.09. The fraction of sp³-hybridized carbons (Fsp3) is 0.462. The van der Waals surface area contributed by atoms with Gasteiger partial charge in [0.05, 0.1) is 6.04 Å². The molecule has 0 radical (unpaired) electrons. The van der Waals surface area contributed by atoms with Crippen LogP contribution in [0.25, 0.3) is 0 Å². The van der Waals surface area contributed by atoms with E-state index in [2.05, 4.69) is 5.32 Å². The van der Waals surface area contributed by atoms with Gasteiger partial charge in [0.1, 0.15) is 5.38 Å². The number of likely N-dealkylation sites (N-methyl/N-ethyl adjacent to an activating group) is 1. The van der Waals surface area contributed by atoms with Gasteiger partial charge in [-0.2, -0.15) is 0 Å². The summed E-state index contributed by atoms with van der Waals surface area (Å²) in [6.45, 7) is 2.42. The molecule has 4 heteroatoms. The van der Waals surface area contributed by atoms with Crippen LogP contribution in [-0.2, 0) is 4.79 Å². The number of amides is 1. The molecule has 0 aliphatic heterocycles. The predicted octanol–water partition coefficient (Wildman–Crippen LogP) is 2.03. The Morgan fingerprint density at radius 2 is 1.94 bits per heavy atom. The van der Waals surface area contributed by atoms with Gasteiger partial charge in [-0.1, -0.05) is 30.3 Å². The molecule has 0 spiro atoms. The van der Waals surface area contributed by atoms with Gasteiger partial charge in [-0.25, -0.2) is 0 Å². The molecule has 94 valence electrons. The molecule has 1 amide bonds. The maximum atomic E-state index is 11.6. The van der Waals surface area contributed by atoms with Crippen molar-refractivity contribution in [2.75, 3.05) is 20.6 Å². The standard InChI is InChI=1S/C13H19ClN2O/c1-10(14)13(17)15-12(9-16(2)3)11-7-5-4-6-8-11/h4-8,10,12H,9H2,1-3H3,(H,15,17). The third-order valence-electron chi connectivity index (χ3n) is 2.43. The number of nitrogens with zero attached hydrogens (tertiary/aromatic N) is 1. The van der Waals surface area contributed by atoms with Gasteiger partial charge in [0, 0.05) is 6.54 Å². The molecule has 0 aliphatic carbocycles. The van der Waals surface area contributed by atoms with Crippen LogP contribution in [0.3, 0.4) is 0 Å². The molecule has 0 saturated carbocycles. The van der Waals surface area contributed by atoms with Gasteiger partial charge >= 0.3 is 0 Å². The van der Waals surface area contributed by atoms with Crippen LogP contribution >= 0.6 is 11.6 Å². The molecule has 0 fully saturated rings. The van der Waals surface area contributed by atoms with E-state index in [4.69, 9.17) is 11.6 Å². The Labute approximate surface area is 108 Å². The minimum absolute atomic E-state index is 0.0279. The van der Waals surface area contributed by atoms with Crippen molar-refractivity contribution in [3.8, 4) is 0 Å². The van der Waals surface area contributed by atoms with Gasteiger partial charge in [0.25, 0.3) is 0 Å². The zero-order valence-electron chi connectivity index (χ0n) is 10.5. The van der Waals surface area contributed by atoms with Gasteiger partial charge < -0.3 is 10.2 Å². The van der Waals surface area contributed by atoms with Crippen LogP contribution in [0.1, 0.15) is 18.5 Å². The average Bonchev–Trinajstić information content (AvgIpc) is 2.28. The topological polar surface area (TPSA) is 32.3 Å². The monoisotopic (exact) mass is 254 g/mol. The molecule has 2 atom stereocenters. The van der Waals surface area contributed by atoms with Gasteiger partial charge in [-0.05, 0) is 26.6 Å². The van der Waals surface area contributed by atoms with Crippen molar-refractivity contribution in [3.05, 3.63) is 35.9 Å². The number of benzene rings is 1. The molecule has 0 bridgehead atoms. The number of carbonyl (C=O) groups excluding carboxylic acids is 1. The molecule has 2 unspecified atom stereocenters. The van der Waals surface area contributed by atoms with Crippen molar-refractivity contribution < 1.29 is 4.79 Å². The minimum atomic E-state index is -0.511. The first-order chi connectivity index (χ1) is 8.00. The summed E-state index contributed by atoms with van der Waals surface area (Å²) in [7, 11) is 3.96. The first-order valence-electron chi connectivity index (χ1n) is 5.65. The normalized spacial score (nSPS) is 14.4. The lowest BCUT2D eigenvalue weighted by Gasteiger charge is -2.23. The largest absolute Gasteiger partial charge is 0.347 e. The fourth-order valence-corrected chi connectivity index (χ4v) is 1.63. The molecule has 3 nitrogen and oxygen atoms in total. The second-order valence-electron chi connectivity index (χ2n) is 4.35. The quantitative estimate of drug-likeness (QED) is 0.816. The molecule has 17 heavy (non-hydrogen) atoms. The van der Waals surface area contributed by atoms with Crippen LogP contribution < -0.4 is 5.32 Å². The van der Waals surface area contributed by atoms with Gasteiger partial charge in [-0.15, -0.1) is 11.6 Å². The number of carbonyl (C=O) groups is 1. The van der Waals surface area contributed by atoms with E-state index in [1.165, 1.54) is 0 Å². The van der Waals surface area contributed by atoms with E-state index in [0.717, 1.165) is 12.1 Å². The molecule has 1 rings (SSSR count). The highest BCUT2D eigenvalue weighted by Gasteiger charge is 2.17. The van der Waals surface area contributed by atoms with Gasteiger partial charge in [0.2, 0.25) is 5.91 Å². The zero-order chi connectivity index (χ0) is 12.8. The second kappa shape index (κ2) is 6.62. The Hall–Kier alpha value is -1.06. The molecule has 1 aromatic rings. The molecule has 0 saturated heterocycles. The first kappa shape index (κ1) is 14.0. The number of halogens is 1. The third kappa shape index (κ3) is 4.75. The lowest BCUT2D eigenvalue weighted by Crippen LogP contribution is -2.38. The Bertz CT molecular complexity index is 352. The van der Waals surface area contributed by atoms with E-state index in [1.54, 1.807) is 6.92 Å². The molecular weight excluding hydrogens is 236 g/mol. The van der Waals surface area contributed by atoms with Crippen molar-refractivity contribution in [1.29, 1.82) is 0 Å². The summed E-state index contributed by atoms with van der Waals surface area (Å²) in [5.74, 6) is -0.137. The van der Waals surface area contributed by atoms with Crippen molar-refractivity contribution in [2.45, 2.75) is 18.3 Å². The van der Waals surface area contributed by atoms with Crippen LogP contribution in [0.2, 0.25) is 0 Å². The summed E-state index contributed by atoms with van der Waals surface area (Å²) in [5, 5.41) is 2.44. The van der Waals surface area contributed by atoms with Gasteiger partial charge in [-0.3, -0.25) is 4.79 Å². The van der Waals surface area contributed by atoms with E-state index in [0.29, 0.717) is 0 Å². The van der Waals surface area contributed by atoms with Crippen LogP contribution in [0.15, 0.2) is 30.3 Å². The molecule has 1 N–H and O–H groups in total. The van der Waals surface area contributed by atoms with E-state index in [1.807, 2.05) is 49.3 Å². The first-order valence-corrected chi connectivity index (χ1v) is 6.08. The molecule has 0 aliphatic rings. The second-order valence-corrected chi connectivity index (χ2v) is 5.00. The van der Waals surface area contributed by atoms with E-state index >= 15 is 0 Å². The number of hydrogen-bond donors (Lipinski definition) is 1. The van der Waals surface area contributed by atoms with E-state index in [9.17, 15) is 4.79 Å². The van der Waals surface area contributed by atoms with Crippen molar-refractivity contribution >= 4 is 17.5 Å². The van der Waals surface area contributed by atoms with E-state index in [-0.39, 0.29) is 11.9 Å². The highest BCUT2D eigenvalue weighted by atomic mass is 35.5. The zero-order valence-corrected chi connectivity index (χ0v) is 11.2. The van der Waals surface area contributed by atoms with Crippen LogP contribution in [0.4, 0.5) is 0 Å². The summed E-state index contributed by atoms with van der Waals surface area (Å²) in [6.07, 6.45) is 0. The molecular formula is C13H19ClN2O. The Kier molecular flexibility index (Phi) is 5.45. The lowest BCUT2D eigenvalue weighted by molar-refractivity contribution is -0.121. The summed E-state index contributed by atoms with van der Waals surface area (Å²) < 4.78 is 0. The fourth-order valence-electron chi connectivity index (χ4n) is 1.57. The van der Waals surface area contributed by atoms with Crippen LogP contribution in [0, 0.1) is 0 Å². The minimum Gasteiger partial charge on any atom is -0.347 e. The Morgan fingerprint density at radius 3 is 2.41 bits per heavy atom. The number of rotatable bonds is 5. The highest BCUT2D eigenvalue weighted by molar-refractivity contribution is 6.30. The maximum absolute atomic E-state index is 11.6. The Morgan fingerprint density at radius 1 is 1.35 bits per heavy atom. The predicted molar refractivity (Wildman–Crippen MR) is 71.2 cm³/mol. The average molecular weight is 255 g/mol. The van der Waals surface area contributed by atoms with E-state index < -0.39 is 5.38 Å². The number of nitrogens with one attached hydrogen (secondary N) is 1. The van der Waals surface area contributed by atoms with Crippen molar-refractivity contribution in [2.24, 2.45) is 0 Å². The van der Waals surface area contributed by atoms with Gasteiger partial charge in [0.15, 0.2) is 0 Å². The number of alkyl halides is 1. The summed E-state index contributed by atoms with van der Waals surface area (Å²) in [4.78, 5) is 13.7. The lowest BCUT2D eigenvalue weighted by atomic mass is 10.1. The highest BCUT2D eigenvalue weighted by Crippen LogP contribution is 2.14. The van der Waals surface area contributed by atoms with Crippen LogP contribution in [0.5, 0.6) is 0 Å². The van der Waals surface area contributed by atoms with Crippen molar-refractivity contribution in [1.82, 2.24) is 10.2 Å². The van der Waals surface area contributed by atoms with Crippen molar-refractivity contribution in [3.63, 3.8) is 0 Å². The third-order valence-corrected chi connectivity index (χ3v) is 2.63. The summed E-state index contributed by atoms with van der Waals surface area (Å²) in [6, 6.07) is 9.88.